The van der Waals surface area contributed by atoms with Gasteiger partial charge in [0.1, 0.15) is 10.6 Å². The van der Waals surface area contributed by atoms with Gasteiger partial charge in [-0.15, -0.1) is 0 Å². The molecule has 1 N–H and O–H groups in total. The summed E-state index contributed by atoms with van der Waals surface area (Å²) in [5, 5.41) is 6.68. The highest BCUT2D eigenvalue weighted by Crippen LogP contribution is 2.24. The molecule has 0 bridgehead atoms. The monoisotopic (exact) mass is 484 g/mol. The number of hydrogen-bond acceptors (Lipinski definition) is 6. The van der Waals surface area contributed by atoms with Gasteiger partial charge in [0.25, 0.3) is 0 Å². The highest BCUT2D eigenvalue weighted by atomic mass is 79.9. The number of aryl methyl sites for hydroxylation is 2. The Hall–Kier alpha value is -1.75. The van der Waals surface area contributed by atoms with E-state index in [1.165, 1.54) is 4.31 Å². The second kappa shape index (κ2) is 8.95. The van der Waals surface area contributed by atoms with Crippen LogP contribution in [0.2, 0.25) is 0 Å². The molecule has 1 fully saturated rings. The first-order valence-electron chi connectivity index (χ1n) is 9.43. The number of amides is 1. The number of carbonyl (C=O) groups excluding carboxylic acids is 1. The lowest BCUT2D eigenvalue weighted by Gasteiger charge is -2.27. The quantitative estimate of drug-likeness (QED) is 0.700. The molecule has 1 saturated heterocycles. The molecule has 0 radical (unpaired) electrons. The van der Waals surface area contributed by atoms with Crippen LogP contribution in [0.25, 0.3) is 0 Å². The predicted molar refractivity (Wildman–Crippen MR) is 113 cm³/mol. The molecular weight excluding hydrogens is 460 g/mol. The van der Waals surface area contributed by atoms with Crippen molar-refractivity contribution < 1.29 is 17.7 Å². The third kappa shape index (κ3) is 4.88. The number of aromatic nitrogens is 1. The van der Waals surface area contributed by atoms with E-state index in [1.807, 2.05) is 36.1 Å². The Balaban J connectivity index is 1.67. The van der Waals surface area contributed by atoms with Crippen LogP contribution in [0, 0.1) is 13.8 Å². The lowest BCUT2D eigenvalue weighted by Crippen LogP contribution is -2.44. The van der Waals surface area contributed by atoms with E-state index in [9.17, 15) is 13.2 Å². The minimum Gasteiger partial charge on any atom is -0.360 e. The van der Waals surface area contributed by atoms with Crippen LogP contribution in [0.1, 0.15) is 24.8 Å². The second-order valence-corrected chi connectivity index (χ2v) is 9.91. The smallest absolute Gasteiger partial charge is 0.248 e. The van der Waals surface area contributed by atoms with E-state index in [0.29, 0.717) is 49.7 Å². The summed E-state index contributed by atoms with van der Waals surface area (Å²) < 4.78 is 33.5. The lowest BCUT2D eigenvalue weighted by atomic mass is 10.2. The number of nitrogens with one attached hydrogen (secondary N) is 1. The van der Waals surface area contributed by atoms with Crippen LogP contribution in [0.15, 0.2) is 38.2 Å². The Morgan fingerprint density at radius 3 is 2.66 bits per heavy atom. The van der Waals surface area contributed by atoms with E-state index in [1.54, 1.807) is 13.8 Å². The van der Waals surface area contributed by atoms with Crippen LogP contribution < -0.4 is 5.32 Å². The fraction of sp³-hybridized carbons (Fsp3) is 0.474. The number of halogens is 1. The van der Waals surface area contributed by atoms with Gasteiger partial charge in [0.05, 0.1) is 6.04 Å². The molecule has 1 aromatic carbocycles. The molecule has 1 aliphatic rings. The molecule has 8 nitrogen and oxygen atoms in total. The molecule has 2 aromatic rings. The van der Waals surface area contributed by atoms with E-state index >= 15 is 0 Å². The molecule has 3 rings (SSSR count). The Bertz CT molecular complexity index is 972. The number of carbonyl (C=O) groups is 1. The molecule has 10 heteroatoms. The molecule has 0 aliphatic carbocycles. The maximum absolute atomic E-state index is 13.0. The first-order chi connectivity index (χ1) is 13.7. The number of benzene rings is 1. The first-order valence-corrected chi connectivity index (χ1v) is 11.7. The van der Waals surface area contributed by atoms with Crippen molar-refractivity contribution in [2.45, 2.75) is 38.1 Å². The minimum absolute atomic E-state index is 0.120. The van der Waals surface area contributed by atoms with E-state index < -0.39 is 10.0 Å². The van der Waals surface area contributed by atoms with Gasteiger partial charge in [-0.3, -0.25) is 9.69 Å². The number of hydrogen-bond donors (Lipinski definition) is 1. The highest BCUT2D eigenvalue weighted by Gasteiger charge is 2.33. The summed E-state index contributed by atoms with van der Waals surface area (Å²) in [6, 6.07) is 7.03. The molecule has 1 atom stereocenters. The van der Waals surface area contributed by atoms with Gasteiger partial charge in [0.2, 0.25) is 15.9 Å². The van der Waals surface area contributed by atoms with Gasteiger partial charge in [-0.25, -0.2) is 8.42 Å². The molecule has 1 aliphatic heterocycles. The van der Waals surface area contributed by atoms with Crippen molar-refractivity contribution in [1.29, 1.82) is 0 Å². The standard InChI is InChI=1S/C19H25BrN4O4S/c1-13-18(15(3)28-22-13)29(26,27)24-9-5-8-23(10-11-24)14(2)19(25)21-17-7-4-6-16(20)12-17/h4,6-7,12,14H,5,8-11H2,1-3H3,(H,21,25). The Kier molecular flexibility index (Phi) is 6.77. The molecular formula is C19H25BrN4O4S. The fourth-order valence-corrected chi connectivity index (χ4v) is 5.65. The maximum atomic E-state index is 13.0. The third-order valence-electron chi connectivity index (χ3n) is 5.07. The summed E-state index contributed by atoms with van der Waals surface area (Å²) in [4.78, 5) is 14.8. The largest absolute Gasteiger partial charge is 0.360 e. The zero-order valence-corrected chi connectivity index (χ0v) is 19.1. The van der Waals surface area contributed by atoms with E-state index in [4.69, 9.17) is 4.52 Å². The van der Waals surface area contributed by atoms with E-state index in [-0.39, 0.29) is 16.8 Å². The van der Waals surface area contributed by atoms with Crippen LogP contribution in [-0.2, 0) is 14.8 Å². The van der Waals surface area contributed by atoms with Crippen molar-refractivity contribution in [3.63, 3.8) is 0 Å². The zero-order chi connectivity index (χ0) is 21.2. The average molecular weight is 485 g/mol. The Labute approximate surface area is 179 Å². The van der Waals surface area contributed by atoms with Crippen molar-refractivity contribution in [2.75, 3.05) is 31.5 Å². The highest BCUT2D eigenvalue weighted by molar-refractivity contribution is 9.10. The third-order valence-corrected chi connectivity index (χ3v) is 7.71. The first kappa shape index (κ1) is 21.9. The van der Waals surface area contributed by atoms with Gasteiger partial charge < -0.3 is 9.84 Å². The van der Waals surface area contributed by atoms with Gasteiger partial charge in [-0.2, -0.15) is 4.31 Å². The van der Waals surface area contributed by atoms with Gasteiger partial charge >= 0.3 is 0 Å². The van der Waals surface area contributed by atoms with Gasteiger partial charge in [-0.1, -0.05) is 27.2 Å². The second-order valence-electron chi connectivity index (χ2n) is 7.12. The molecule has 1 unspecified atom stereocenters. The van der Waals surface area contributed by atoms with Gasteiger partial charge in [-0.05, 0) is 45.4 Å². The van der Waals surface area contributed by atoms with Crippen molar-refractivity contribution in [3.8, 4) is 0 Å². The molecule has 0 saturated carbocycles. The average Bonchev–Trinajstić information content (AvgIpc) is 2.86. The summed E-state index contributed by atoms with van der Waals surface area (Å²) in [5.74, 6) is 0.176. The Morgan fingerprint density at radius 1 is 1.24 bits per heavy atom. The number of anilines is 1. The Morgan fingerprint density at radius 2 is 2.00 bits per heavy atom. The van der Waals surface area contributed by atoms with Crippen molar-refractivity contribution >= 4 is 37.5 Å². The normalized spacial score (nSPS) is 17.7. The molecule has 29 heavy (non-hydrogen) atoms. The molecule has 1 aromatic heterocycles. The van der Waals surface area contributed by atoms with Crippen LogP contribution in [0.4, 0.5) is 5.69 Å². The molecule has 158 valence electrons. The van der Waals surface area contributed by atoms with E-state index in [2.05, 4.69) is 26.4 Å². The predicted octanol–water partition coefficient (Wildman–Crippen LogP) is 2.78. The van der Waals surface area contributed by atoms with Crippen LogP contribution in [0.5, 0.6) is 0 Å². The summed E-state index contributed by atoms with van der Waals surface area (Å²) >= 11 is 3.39. The van der Waals surface area contributed by atoms with Crippen LogP contribution in [-0.4, -0.2) is 60.9 Å². The number of nitrogens with zero attached hydrogens (tertiary/aromatic N) is 3. The molecule has 1 amide bonds. The van der Waals surface area contributed by atoms with E-state index in [0.717, 1.165) is 4.47 Å². The van der Waals surface area contributed by atoms with Crippen molar-refractivity contribution in [1.82, 2.24) is 14.4 Å². The summed E-state index contributed by atoms with van der Waals surface area (Å²) in [7, 11) is -3.68. The SMILES string of the molecule is Cc1noc(C)c1S(=O)(=O)N1CCCN(C(C)C(=O)Nc2cccc(Br)c2)CC1. The maximum Gasteiger partial charge on any atom is 0.248 e. The lowest BCUT2D eigenvalue weighted by molar-refractivity contribution is -0.120. The van der Waals surface area contributed by atoms with Crippen LogP contribution in [0.3, 0.4) is 0 Å². The number of rotatable bonds is 5. The van der Waals surface area contributed by atoms with Crippen LogP contribution >= 0.6 is 15.9 Å². The summed E-state index contributed by atoms with van der Waals surface area (Å²) in [6.07, 6.45) is 0.636. The fourth-order valence-electron chi connectivity index (χ4n) is 3.49. The zero-order valence-electron chi connectivity index (χ0n) is 16.7. The number of sulfonamides is 1. The minimum atomic E-state index is -3.68. The van der Waals surface area contributed by atoms with Gasteiger partial charge in [0.15, 0.2) is 5.76 Å². The van der Waals surface area contributed by atoms with Gasteiger partial charge in [0, 0.05) is 36.3 Å². The summed E-state index contributed by atoms with van der Waals surface area (Å²) in [6.45, 7) is 6.87. The summed E-state index contributed by atoms with van der Waals surface area (Å²) in [5.41, 5.74) is 1.08. The van der Waals surface area contributed by atoms with Crippen molar-refractivity contribution in [3.05, 3.63) is 40.2 Å². The molecule has 2 heterocycles. The topological polar surface area (TPSA) is 95.8 Å². The molecule has 0 spiro atoms. The van der Waals surface area contributed by atoms with Crippen molar-refractivity contribution in [2.24, 2.45) is 0 Å².